The number of likely N-dealkylation sites (N-methyl/N-ethyl adjacent to an activating group) is 1. The van der Waals surface area contributed by atoms with Crippen molar-refractivity contribution in [1.29, 1.82) is 0 Å². The molecule has 1 heterocycles. The number of hydrogen-bond acceptors (Lipinski definition) is 5. The van der Waals surface area contributed by atoms with Gasteiger partial charge in [-0.25, -0.2) is 4.79 Å². The number of anilines is 2. The van der Waals surface area contributed by atoms with Gasteiger partial charge in [0.2, 0.25) is 0 Å². The predicted octanol–water partition coefficient (Wildman–Crippen LogP) is 6.08. The Bertz CT molecular complexity index is 1500. The summed E-state index contributed by atoms with van der Waals surface area (Å²) in [6.45, 7) is 1.82. The number of fused-ring (bicyclic) bond motifs is 1. The van der Waals surface area contributed by atoms with E-state index in [1.807, 2.05) is 48.5 Å². The Balaban J connectivity index is 1.37. The van der Waals surface area contributed by atoms with Crippen molar-refractivity contribution in [3.05, 3.63) is 131 Å². The number of methoxy groups -OCH3 is 1. The Morgan fingerprint density at radius 3 is 2.23 bits per heavy atom. The van der Waals surface area contributed by atoms with Gasteiger partial charge in [0.1, 0.15) is 0 Å². The summed E-state index contributed by atoms with van der Waals surface area (Å²) in [6.07, 6.45) is 1.01. The summed E-state index contributed by atoms with van der Waals surface area (Å²) < 4.78 is 4.83. The van der Waals surface area contributed by atoms with Gasteiger partial charge in [0.15, 0.2) is 0 Å². The Labute approximate surface area is 228 Å². The number of esters is 1. The predicted molar refractivity (Wildman–Crippen MR) is 156 cm³/mol. The van der Waals surface area contributed by atoms with Crippen LogP contribution in [-0.4, -0.2) is 37.5 Å². The number of nitrogens with zero attached hydrogens (tertiary/aromatic N) is 1. The molecule has 1 amide bonds. The fraction of sp³-hybridized carbons (Fsp3) is 0.152. The minimum Gasteiger partial charge on any atom is -0.465 e. The molecule has 0 bridgehead atoms. The minimum absolute atomic E-state index is 0.227. The van der Waals surface area contributed by atoms with Gasteiger partial charge in [0.25, 0.3) is 5.91 Å². The van der Waals surface area contributed by atoms with Gasteiger partial charge in [-0.3, -0.25) is 4.79 Å². The molecule has 0 spiro atoms. The lowest BCUT2D eigenvalue weighted by atomic mass is 9.99. The molecule has 0 aliphatic carbocycles. The quantitative estimate of drug-likeness (QED) is 0.208. The number of benzene rings is 4. The van der Waals surface area contributed by atoms with Gasteiger partial charge >= 0.3 is 5.97 Å². The highest BCUT2D eigenvalue weighted by atomic mass is 16.5. The number of carbonyl (C=O) groups is 2. The zero-order chi connectivity index (χ0) is 27.2. The largest absolute Gasteiger partial charge is 0.465 e. The van der Waals surface area contributed by atoms with Crippen molar-refractivity contribution in [3.8, 4) is 0 Å². The summed E-state index contributed by atoms with van der Waals surface area (Å²) in [5.74, 6) is -0.674. The molecule has 1 aliphatic heterocycles. The lowest BCUT2D eigenvalue weighted by molar-refractivity contribution is -0.110. The Morgan fingerprint density at radius 1 is 0.846 bits per heavy atom. The number of rotatable bonds is 9. The van der Waals surface area contributed by atoms with Crippen molar-refractivity contribution >= 4 is 34.5 Å². The molecule has 196 valence electrons. The number of ether oxygens (including phenoxy) is 1. The summed E-state index contributed by atoms with van der Waals surface area (Å²) in [6, 6.07) is 33.7. The van der Waals surface area contributed by atoms with E-state index in [2.05, 4.69) is 59.0 Å². The fourth-order valence-corrected chi connectivity index (χ4v) is 4.74. The van der Waals surface area contributed by atoms with E-state index in [1.54, 1.807) is 18.2 Å². The van der Waals surface area contributed by atoms with Gasteiger partial charge in [-0.05, 0) is 54.4 Å². The zero-order valence-electron chi connectivity index (χ0n) is 22.1. The van der Waals surface area contributed by atoms with Crippen LogP contribution in [0.4, 0.5) is 11.4 Å². The third-order valence-electron chi connectivity index (χ3n) is 6.80. The van der Waals surface area contributed by atoms with Crippen molar-refractivity contribution in [2.45, 2.75) is 13.0 Å². The van der Waals surface area contributed by atoms with Crippen LogP contribution in [0.15, 0.2) is 103 Å². The second kappa shape index (κ2) is 11.8. The summed E-state index contributed by atoms with van der Waals surface area (Å²) in [7, 11) is 3.47. The second-order valence-electron chi connectivity index (χ2n) is 9.62. The van der Waals surface area contributed by atoms with Crippen LogP contribution < -0.4 is 10.6 Å². The van der Waals surface area contributed by atoms with E-state index in [0.29, 0.717) is 22.5 Å². The first-order chi connectivity index (χ1) is 19.0. The van der Waals surface area contributed by atoms with Crippen molar-refractivity contribution in [1.82, 2.24) is 4.90 Å². The van der Waals surface area contributed by atoms with Gasteiger partial charge in [0.05, 0.1) is 29.6 Å². The molecule has 0 unspecified atom stereocenters. The van der Waals surface area contributed by atoms with Crippen LogP contribution in [0.3, 0.4) is 0 Å². The number of amides is 1. The van der Waals surface area contributed by atoms with Crippen LogP contribution in [0.25, 0.3) is 11.3 Å². The molecule has 5 rings (SSSR count). The normalized spacial score (nSPS) is 13.6. The number of hydrogen-bond donors (Lipinski definition) is 2. The van der Waals surface area contributed by atoms with Crippen LogP contribution in [0.5, 0.6) is 0 Å². The zero-order valence-corrected chi connectivity index (χ0v) is 22.1. The van der Waals surface area contributed by atoms with Gasteiger partial charge < -0.3 is 20.3 Å². The van der Waals surface area contributed by atoms with E-state index in [1.165, 1.54) is 18.2 Å². The molecule has 6 nitrogen and oxygen atoms in total. The molecule has 4 aromatic carbocycles. The molecule has 6 heteroatoms. The molecular formula is C33H31N3O3. The third-order valence-corrected chi connectivity index (χ3v) is 6.80. The van der Waals surface area contributed by atoms with E-state index in [4.69, 9.17) is 4.74 Å². The van der Waals surface area contributed by atoms with Crippen molar-refractivity contribution < 1.29 is 14.3 Å². The molecule has 4 aromatic rings. The van der Waals surface area contributed by atoms with E-state index < -0.39 is 5.97 Å². The molecule has 0 saturated carbocycles. The van der Waals surface area contributed by atoms with Crippen LogP contribution in [0.2, 0.25) is 0 Å². The average Bonchev–Trinajstić information content (AvgIpc) is 3.30. The SMILES string of the molecule is COC(=O)c1ccc2c(c1)NC(=O)/C2=C(\Nc1ccc(CN(C)CCc2ccccc2)cc1)c1ccccc1. The van der Waals surface area contributed by atoms with E-state index in [0.717, 1.165) is 36.3 Å². The van der Waals surface area contributed by atoms with Crippen molar-refractivity contribution in [2.24, 2.45) is 0 Å². The lowest BCUT2D eigenvalue weighted by Gasteiger charge is -2.18. The highest BCUT2D eigenvalue weighted by Crippen LogP contribution is 2.38. The van der Waals surface area contributed by atoms with Gasteiger partial charge in [0, 0.05) is 24.3 Å². The van der Waals surface area contributed by atoms with Crippen LogP contribution in [0.1, 0.15) is 32.6 Å². The van der Waals surface area contributed by atoms with E-state index in [-0.39, 0.29) is 5.91 Å². The molecule has 39 heavy (non-hydrogen) atoms. The van der Waals surface area contributed by atoms with Gasteiger partial charge in [-0.1, -0.05) is 78.9 Å². The molecular weight excluding hydrogens is 486 g/mol. The summed E-state index contributed by atoms with van der Waals surface area (Å²) in [4.78, 5) is 27.5. The maximum atomic E-state index is 13.2. The molecule has 2 N–H and O–H groups in total. The highest BCUT2D eigenvalue weighted by molar-refractivity contribution is 6.37. The molecule has 0 fully saturated rings. The van der Waals surface area contributed by atoms with Crippen LogP contribution in [-0.2, 0) is 22.5 Å². The number of nitrogens with one attached hydrogen (secondary N) is 2. The highest BCUT2D eigenvalue weighted by Gasteiger charge is 2.29. The molecule has 0 aromatic heterocycles. The first-order valence-electron chi connectivity index (χ1n) is 12.9. The Hall–Kier alpha value is -4.68. The first-order valence-corrected chi connectivity index (χ1v) is 12.9. The molecule has 0 atom stereocenters. The van der Waals surface area contributed by atoms with Gasteiger partial charge in [-0.2, -0.15) is 0 Å². The van der Waals surface area contributed by atoms with E-state index >= 15 is 0 Å². The smallest absolute Gasteiger partial charge is 0.337 e. The average molecular weight is 518 g/mol. The van der Waals surface area contributed by atoms with E-state index in [9.17, 15) is 9.59 Å². The fourth-order valence-electron chi connectivity index (χ4n) is 4.74. The second-order valence-corrected chi connectivity index (χ2v) is 9.62. The first kappa shape index (κ1) is 25.9. The number of carbonyl (C=O) groups excluding carboxylic acids is 2. The summed E-state index contributed by atoms with van der Waals surface area (Å²) >= 11 is 0. The van der Waals surface area contributed by atoms with Crippen molar-refractivity contribution in [3.63, 3.8) is 0 Å². The molecule has 0 radical (unpaired) electrons. The lowest BCUT2D eigenvalue weighted by Crippen LogP contribution is -2.20. The molecule has 0 saturated heterocycles. The Kier molecular flexibility index (Phi) is 7.85. The minimum atomic E-state index is -0.448. The van der Waals surface area contributed by atoms with Crippen LogP contribution in [0, 0.1) is 0 Å². The van der Waals surface area contributed by atoms with Crippen molar-refractivity contribution in [2.75, 3.05) is 31.3 Å². The summed E-state index contributed by atoms with van der Waals surface area (Å²) in [5, 5.41) is 6.41. The Morgan fingerprint density at radius 2 is 1.54 bits per heavy atom. The van der Waals surface area contributed by atoms with Crippen LogP contribution >= 0.6 is 0 Å². The topological polar surface area (TPSA) is 70.7 Å². The standard InChI is InChI=1S/C33H31N3O3/c1-36(20-19-23-9-5-3-6-10-23)22-24-13-16-27(17-14-24)34-31(25-11-7-4-8-12-25)30-28-18-15-26(33(38)39-2)21-29(28)35-32(30)37/h3-18,21,34H,19-20,22H2,1-2H3,(H,35,37)/b31-30-. The third kappa shape index (κ3) is 6.08. The molecule has 1 aliphatic rings. The maximum absolute atomic E-state index is 13.2. The maximum Gasteiger partial charge on any atom is 0.337 e. The van der Waals surface area contributed by atoms with Gasteiger partial charge in [-0.15, -0.1) is 0 Å². The summed E-state index contributed by atoms with van der Waals surface area (Å²) in [5.41, 5.74) is 7.24. The monoisotopic (exact) mass is 517 g/mol.